The van der Waals surface area contributed by atoms with E-state index in [0.717, 1.165) is 5.56 Å². The molecule has 0 saturated heterocycles. The maximum atomic E-state index is 12.5. The van der Waals surface area contributed by atoms with E-state index in [1.54, 1.807) is 20.0 Å². The Hall–Kier alpha value is -2.86. The first-order chi connectivity index (χ1) is 12.9. The largest absolute Gasteiger partial charge is 0.481 e. The second kappa shape index (κ2) is 8.22. The molecule has 3 aromatic rings. The standard InChI is InChI=1S/C20H20ClN3O3/c1-13-8-10-15(11-9-13)26-14(2)20(25)24(3)12-18-22-19(23-27-18)16-6-4-5-7-17(16)21/h4-11,14H,12H2,1-3H3. The van der Waals surface area contributed by atoms with Gasteiger partial charge in [-0.1, -0.05) is 46.6 Å². The molecule has 0 aliphatic carbocycles. The minimum Gasteiger partial charge on any atom is -0.481 e. The van der Waals surface area contributed by atoms with Crippen LogP contribution in [0.15, 0.2) is 53.1 Å². The molecule has 3 rings (SSSR count). The predicted molar refractivity (Wildman–Crippen MR) is 102 cm³/mol. The monoisotopic (exact) mass is 385 g/mol. The Balaban J connectivity index is 1.63. The zero-order valence-electron chi connectivity index (χ0n) is 15.3. The highest BCUT2D eigenvalue weighted by molar-refractivity contribution is 6.33. The van der Waals surface area contributed by atoms with E-state index in [1.165, 1.54) is 4.90 Å². The van der Waals surface area contributed by atoms with Gasteiger partial charge in [-0.25, -0.2) is 0 Å². The molecule has 0 aliphatic rings. The van der Waals surface area contributed by atoms with Gasteiger partial charge in [0.05, 0.1) is 11.6 Å². The molecule has 1 amide bonds. The average Bonchev–Trinajstić information content (AvgIpc) is 3.11. The number of carbonyl (C=O) groups excluding carboxylic acids is 1. The van der Waals surface area contributed by atoms with Crippen molar-refractivity contribution >= 4 is 17.5 Å². The summed E-state index contributed by atoms with van der Waals surface area (Å²) in [6, 6.07) is 14.8. The molecule has 2 aromatic carbocycles. The molecule has 0 saturated carbocycles. The van der Waals surface area contributed by atoms with Gasteiger partial charge < -0.3 is 14.2 Å². The van der Waals surface area contributed by atoms with Crippen molar-refractivity contribution in [1.82, 2.24) is 15.0 Å². The van der Waals surface area contributed by atoms with Crippen LogP contribution in [0.1, 0.15) is 18.4 Å². The molecule has 27 heavy (non-hydrogen) atoms. The van der Waals surface area contributed by atoms with E-state index in [4.69, 9.17) is 20.9 Å². The van der Waals surface area contributed by atoms with Gasteiger partial charge >= 0.3 is 0 Å². The van der Waals surface area contributed by atoms with Crippen molar-refractivity contribution in [1.29, 1.82) is 0 Å². The topological polar surface area (TPSA) is 68.5 Å². The number of benzene rings is 2. The van der Waals surface area contributed by atoms with Crippen LogP contribution in [0.4, 0.5) is 0 Å². The molecule has 6 nitrogen and oxygen atoms in total. The maximum Gasteiger partial charge on any atom is 0.263 e. The molecule has 1 atom stereocenters. The predicted octanol–water partition coefficient (Wildman–Crippen LogP) is 4.12. The van der Waals surface area contributed by atoms with Crippen LogP contribution in [0.2, 0.25) is 5.02 Å². The van der Waals surface area contributed by atoms with Crippen LogP contribution in [0, 0.1) is 6.92 Å². The Morgan fingerprint density at radius 2 is 1.93 bits per heavy atom. The molecular weight excluding hydrogens is 366 g/mol. The molecule has 140 valence electrons. The minimum absolute atomic E-state index is 0.178. The lowest BCUT2D eigenvalue weighted by molar-refractivity contribution is -0.137. The lowest BCUT2D eigenvalue weighted by Crippen LogP contribution is -2.37. The number of amides is 1. The highest BCUT2D eigenvalue weighted by Crippen LogP contribution is 2.25. The Bertz CT molecular complexity index is 924. The number of aryl methyl sites for hydroxylation is 1. The summed E-state index contributed by atoms with van der Waals surface area (Å²) in [5.74, 6) is 1.17. The zero-order valence-corrected chi connectivity index (χ0v) is 16.1. The van der Waals surface area contributed by atoms with E-state index in [2.05, 4.69) is 10.1 Å². The van der Waals surface area contributed by atoms with Crippen molar-refractivity contribution < 1.29 is 14.1 Å². The van der Waals surface area contributed by atoms with E-state index in [0.29, 0.717) is 28.1 Å². The van der Waals surface area contributed by atoms with Gasteiger partial charge in [0.1, 0.15) is 5.75 Å². The molecule has 0 bridgehead atoms. The normalized spacial score (nSPS) is 11.9. The van der Waals surface area contributed by atoms with E-state index in [9.17, 15) is 4.79 Å². The number of likely N-dealkylation sites (N-methyl/N-ethyl adjacent to an activating group) is 1. The van der Waals surface area contributed by atoms with Gasteiger partial charge in [0.15, 0.2) is 6.10 Å². The Morgan fingerprint density at radius 3 is 2.63 bits per heavy atom. The van der Waals surface area contributed by atoms with Crippen molar-refractivity contribution in [3.8, 4) is 17.1 Å². The first-order valence-electron chi connectivity index (χ1n) is 8.50. The third-order valence-corrected chi connectivity index (χ3v) is 4.34. The van der Waals surface area contributed by atoms with Crippen LogP contribution < -0.4 is 4.74 Å². The van der Waals surface area contributed by atoms with E-state index in [1.807, 2.05) is 49.4 Å². The van der Waals surface area contributed by atoms with Crippen molar-refractivity contribution in [2.24, 2.45) is 0 Å². The van der Waals surface area contributed by atoms with Crippen molar-refractivity contribution in [2.75, 3.05) is 7.05 Å². The number of ether oxygens (including phenoxy) is 1. The molecule has 0 radical (unpaired) electrons. The summed E-state index contributed by atoms with van der Waals surface area (Å²) in [6.07, 6.45) is -0.635. The van der Waals surface area contributed by atoms with Gasteiger partial charge in [-0.3, -0.25) is 4.79 Å². The van der Waals surface area contributed by atoms with Crippen LogP contribution in [-0.2, 0) is 11.3 Å². The van der Waals surface area contributed by atoms with Gasteiger partial charge in [0.2, 0.25) is 11.7 Å². The minimum atomic E-state index is -0.635. The second-order valence-electron chi connectivity index (χ2n) is 6.26. The van der Waals surface area contributed by atoms with Gasteiger partial charge in [0, 0.05) is 12.6 Å². The Kier molecular flexibility index (Phi) is 5.76. The highest BCUT2D eigenvalue weighted by atomic mass is 35.5. The Morgan fingerprint density at radius 1 is 1.22 bits per heavy atom. The maximum absolute atomic E-state index is 12.5. The fourth-order valence-corrected chi connectivity index (χ4v) is 2.75. The van der Waals surface area contributed by atoms with E-state index in [-0.39, 0.29) is 12.5 Å². The lowest BCUT2D eigenvalue weighted by atomic mass is 10.2. The number of hydrogen-bond donors (Lipinski definition) is 0. The van der Waals surface area contributed by atoms with E-state index >= 15 is 0 Å². The fourth-order valence-electron chi connectivity index (χ4n) is 2.53. The lowest BCUT2D eigenvalue weighted by Gasteiger charge is -2.20. The third kappa shape index (κ3) is 4.65. The van der Waals surface area contributed by atoms with Crippen LogP contribution in [-0.4, -0.2) is 34.1 Å². The van der Waals surface area contributed by atoms with Crippen LogP contribution in [0.25, 0.3) is 11.4 Å². The summed E-state index contributed by atoms with van der Waals surface area (Å²) < 4.78 is 11.0. The van der Waals surface area contributed by atoms with Crippen molar-refractivity contribution in [3.05, 3.63) is 65.0 Å². The van der Waals surface area contributed by atoms with Crippen molar-refractivity contribution in [2.45, 2.75) is 26.5 Å². The van der Waals surface area contributed by atoms with Gasteiger partial charge in [-0.2, -0.15) is 4.98 Å². The number of nitrogens with zero attached hydrogens (tertiary/aromatic N) is 3. The van der Waals surface area contributed by atoms with Crippen LogP contribution in [0.3, 0.4) is 0 Å². The molecule has 1 heterocycles. The Labute approximate surface area is 162 Å². The average molecular weight is 386 g/mol. The third-order valence-electron chi connectivity index (χ3n) is 4.01. The number of hydrogen-bond acceptors (Lipinski definition) is 5. The molecule has 0 N–H and O–H groups in total. The quantitative estimate of drug-likeness (QED) is 0.638. The van der Waals surface area contributed by atoms with Gasteiger partial charge in [-0.05, 0) is 38.1 Å². The SMILES string of the molecule is Cc1ccc(OC(C)C(=O)N(C)Cc2nc(-c3ccccc3Cl)no2)cc1. The summed E-state index contributed by atoms with van der Waals surface area (Å²) in [6.45, 7) is 3.88. The number of aromatic nitrogens is 2. The first-order valence-corrected chi connectivity index (χ1v) is 8.87. The number of rotatable bonds is 6. The van der Waals surface area contributed by atoms with Crippen LogP contribution >= 0.6 is 11.6 Å². The van der Waals surface area contributed by atoms with Crippen molar-refractivity contribution in [3.63, 3.8) is 0 Å². The highest BCUT2D eigenvalue weighted by Gasteiger charge is 2.21. The number of carbonyl (C=O) groups is 1. The molecule has 0 fully saturated rings. The summed E-state index contributed by atoms with van der Waals surface area (Å²) in [5.41, 5.74) is 1.81. The number of halogens is 1. The first kappa shape index (κ1) is 18.9. The summed E-state index contributed by atoms with van der Waals surface area (Å²) in [5, 5.41) is 4.48. The van der Waals surface area contributed by atoms with E-state index < -0.39 is 6.10 Å². The molecule has 1 aromatic heterocycles. The van der Waals surface area contributed by atoms with Gasteiger partial charge in [0.25, 0.3) is 5.91 Å². The molecule has 1 unspecified atom stereocenters. The molecule has 7 heteroatoms. The smallest absolute Gasteiger partial charge is 0.263 e. The zero-order chi connectivity index (χ0) is 19.4. The van der Waals surface area contributed by atoms with Crippen LogP contribution in [0.5, 0.6) is 5.75 Å². The molecule has 0 aliphatic heterocycles. The second-order valence-corrected chi connectivity index (χ2v) is 6.67. The molecular formula is C20H20ClN3O3. The summed E-state index contributed by atoms with van der Waals surface area (Å²) in [7, 11) is 1.66. The summed E-state index contributed by atoms with van der Waals surface area (Å²) >= 11 is 6.15. The summed E-state index contributed by atoms with van der Waals surface area (Å²) in [4.78, 5) is 18.3. The fraction of sp³-hybridized carbons (Fsp3) is 0.250. The molecule has 0 spiro atoms. The van der Waals surface area contributed by atoms with Gasteiger partial charge in [-0.15, -0.1) is 0 Å².